The third-order valence-electron chi connectivity index (χ3n) is 3.27. The van der Waals surface area contributed by atoms with E-state index in [0.717, 1.165) is 17.0 Å². The van der Waals surface area contributed by atoms with Crippen LogP contribution in [0.3, 0.4) is 0 Å². The summed E-state index contributed by atoms with van der Waals surface area (Å²) in [7, 11) is 0. The maximum Gasteiger partial charge on any atom is 0.0639 e. The molecule has 0 atom stereocenters. The fourth-order valence-electron chi connectivity index (χ4n) is 2.51. The van der Waals surface area contributed by atoms with E-state index < -0.39 is 0 Å². The lowest BCUT2D eigenvalue weighted by molar-refractivity contribution is 0.381. The van der Waals surface area contributed by atoms with Gasteiger partial charge >= 0.3 is 0 Å². The van der Waals surface area contributed by atoms with Crippen LogP contribution in [0.2, 0.25) is 5.02 Å². The first-order valence-electron chi connectivity index (χ1n) is 4.86. The van der Waals surface area contributed by atoms with E-state index in [1.54, 1.807) is 0 Å². The molecule has 2 heterocycles. The van der Waals surface area contributed by atoms with Crippen LogP contribution in [0.5, 0.6) is 0 Å². The fourth-order valence-corrected chi connectivity index (χ4v) is 2.76. The number of hydrogen-bond acceptors (Lipinski definition) is 1. The molecule has 2 heteroatoms. The van der Waals surface area contributed by atoms with Crippen molar-refractivity contribution in [2.45, 2.75) is 18.9 Å². The molecule has 4 rings (SSSR count). The molecule has 0 radical (unpaired) electrons. The summed E-state index contributed by atoms with van der Waals surface area (Å²) in [6, 6.07) is 8.95. The molecule has 0 unspecified atom stereocenters. The van der Waals surface area contributed by atoms with Gasteiger partial charge in [0.2, 0.25) is 0 Å². The van der Waals surface area contributed by atoms with Crippen molar-refractivity contribution in [2.24, 2.45) is 5.92 Å². The van der Waals surface area contributed by atoms with E-state index in [1.165, 1.54) is 25.1 Å². The number of halogens is 1. The summed E-state index contributed by atoms with van der Waals surface area (Å²) in [5, 5.41) is 0.898. The minimum atomic E-state index is 0.782. The van der Waals surface area contributed by atoms with Crippen molar-refractivity contribution in [3.63, 3.8) is 0 Å². The van der Waals surface area contributed by atoms with E-state index in [2.05, 4.69) is 17.0 Å². The minimum absolute atomic E-state index is 0.782. The summed E-state index contributed by atoms with van der Waals surface area (Å²) in [4.78, 5) is 2.47. The Bertz CT molecular complexity index is 331. The summed E-state index contributed by atoms with van der Waals surface area (Å²) >= 11 is 6.15. The van der Waals surface area contributed by atoms with Crippen LogP contribution in [0.4, 0.5) is 5.69 Å². The van der Waals surface area contributed by atoms with E-state index in [-0.39, 0.29) is 0 Å². The first kappa shape index (κ1) is 7.69. The Kier molecular flexibility index (Phi) is 1.57. The van der Waals surface area contributed by atoms with Gasteiger partial charge < -0.3 is 4.90 Å². The van der Waals surface area contributed by atoms with Gasteiger partial charge in [0, 0.05) is 12.6 Å². The Hall–Kier alpha value is -0.690. The van der Waals surface area contributed by atoms with Gasteiger partial charge in [-0.05, 0) is 30.9 Å². The maximum absolute atomic E-state index is 6.15. The van der Waals surface area contributed by atoms with Crippen LogP contribution in [0.25, 0.3) is 0 Å². The number of hydrogen-bond donors (Lipinski definition) is 0. The molecule has 1 aromatic rings. The summed E-state index contributed by atoms with van der Waals surface area (Å²) in [6.07, 6.45) is 2.76. The van der Waals surface area contributed by atoms with Gasteiger partial charge in [-0.2, -0.15) is 0 Å². The molecule has 1 aliphatic carbocycles. The number of fused-ring (bicyclic) bond motifs is 1. The van der Waals surface area contributed by atoms with E-state index in [9.17, 15) is 0 Å². The molecule has 0 N–H and O–H groups in total. The molecule has 3 fully saturated rings. The largest absolute Gasteiger partial charge is 0.367 e. The Morgan fingerprint density at radius 1 is 1.23 bits per heavy atom. The molecule has 0 spiro atoms. The Morgan fingerprint density at radius 3 is 2.62 bits per heavy atom. The van der Waals surface area contributed by atoms with Crippen molar-refractivity contribution in [1.82, 2.24) is 0 Å². The highest BCUT2D eigenvalue weighted by Crippen LogP contribution is 2.44. The zero-order valence-corrected chi connectivity index (χ0v) is 8.17. The summed E-state index contributed by atoms with van der Waals surface area (Å²) in [5.41, 5.74) is 1.23. The van der Waals surface area contributed by atoms with Crippen LogP contribution in [0, 0.1) is 5.92 Å². The molecular weight excluding hydrogens is 182 g/mol. The monoisotopic (exact) mass is 193 g/mol. The van der Waals surface area contributed by atoms with Gasteiger partial charge in [0.1, 0.15) is 0 Å². The highest BCUT2D eigenvalue weighted by atomic mass is 35.5. The quantitative estimate of drug-likeness (QED) is 0.663. The highest BCUT2D eigenvalue weighted by molar-refractivity contribution is 6.33. The molecule has 13 heavy (non-hydrogen) atoms. The highest BCUT2D eigenvalue weighted by Gasteiger charge is 2.42. The van der Waals surface area contributed by atoms with Crippen molar-refractivity contribution in [2.75, 3.05) is 11.4 Å². The Labute approximate surface area is 83.3 Å². The SMILES string of the molecule is Clc1ccccc1N1CC2CC1C2. The van der Waals surface area contributed by atoms with Crippen molar-refractivity contribution in [3.05, 3.63) is 29.3 Å². The Balaban J connectivity index is 1.96. The lowest BCUT2D eigenvalue weighted by atomic mass is 9.86. The lowest BCUT2D eigenvalue weighted by Crippen LogP contribution is -2.28. The Morgan fingerprint density at radius 2 is 2.00 bits per heavy atom. The summed E-state index contributed by atoms with van der Waals surface area (Å²) in [6.45, 7) is 1.22. The van der Waals surface area contributed by atoms with Gasteiger partial charge in [0.15, 0.2) is 0 Å². The van der Waals surface area contributed by atoms with Crippen molar-refractivity contribution < 1.29 is 0 Å². The molecule has 2 saturated heterocycles. The number of nitrogens with zero attached hydrogens (tertiary/aromatic N) is 1. The first-order chi connectivity index (χ1) is 6.34. The molecule has 1 nitrogen and oxygen atoms in total. The predicted molar refractivity (Wildman–Crippen MR) is 55.3 cm³/mol. The second kappa shape index (κ2) is 2.65. The third kappa shape index (κ3) is 1.07. The first-order valence-corrected chi connectivity index (χ1v) is 5.23. The second-order valence-electron chi connectivity index (χ2n) is 4.10. The molecular formula is C11H12ClN. The molecule has 3 aliphatic rings. The van der Waals surface area contributed by atoms with E-state index in [4.69, 9.17) is 11.6 Å². The zero-order valence-electron chi connectivity index (χ0n) is 7.41. The van der Waals surface area contributed by atoms with Gasteiger partial charge in [0.25, 0.3) is 0 Å². The van der Waals surface area contributed by atoms with Gasteiger partial charge in [0.05, 0.1) is 10.7 Å². The average Bonchev–Trinajstić information content (AvgIpc) is 2.61. The summed E-state index contributed by atoms with van der Waals surface area (Å²) in [5.74, 6) is 0.946. The molecule has 68 valence electrons. The average molecular weight is 194 g/mol. The van der Waals surface area contributed by atoms with Gasteiger partial charge in [-0.1, -0.05) is 23.7 Å². The predicted octanol–water partition coefficient (Wildman–Crippen LogP) is 2.94. The van der Waals surface area contributed by atoms with Crippen molar-refractivity contribution >= 4 is 17.3 Å². The lowest BCUT2D eigenvalue weighted by Gasteiger charge is -2.27. The maximum atomic E-state index is 6.15. The number of rotatable bonds is 1. The normalized spacial score (nSPS) is 30.4. The molecule has 2 bridgehead atoms. The van der Waals surface area contributed by atoms with E-state index in [1.807, 2.05) is 12.1 Å². The second-order valence-corrected chi connectivity index (χ2v) is 4.50. The summed E-state index contributed by atoms with van der Waals surface area (Å²) < 4.78 is 0. The third-order valence-corrected chi connectivity index (χ3v) is 3.59. The molecule has 2 aliphatic heterocycles. The molecule has 0 aromatic heterocycles. The fraction of sp³-hybridized carbons (Fsp3) is 0.455. The van der Waals surface area contributed by atoms with Crippen LogP contribution >= 0.6 is 11.6 Å². The van der Waals surface area contributed by atoms with Crippen LogP contribution < -0.4 is 4.90 Å². The standard InChI is InChI=1S/C11H12ClN/c12-10-3-1-2-4-11(10)13-7-8-5-9(13)6-8/h1-4,8-9H,5-7H2. The molecule has 0 amide bonds. The van der Waals surface area contributed by atoms with Crippen molar-refractivity contribution in [3.8, 4) is 0 Å². The molecule has 1 aromatic carbocycles. The van der Waals surface area contributed by atoms with Crippen LogP contribution in [0.1, 0.15) is 12.8 Å². The minimum Gasteiger partial charge on any atom is -0.367 e. The zero-order chi connectivity index (χ0) is 8.84. The number of anilines is 1. The van der Waals surface area contributed by atoms with E-state index >= 15 is 0 Å². The number of para-hydroxylation sites is 1. The van der Waals surface area contributed by atoms with Crippen molar-refractivity contribution in [1.29, 1.82) is 0 Å². The van der Waals surface area contributed by atoms with Crippen LogP contribution in [0.15, 0.2) is 24.3 Å². The van der Waals surface area contributed by atoms with Crippen LogP contribution in [-0.4, -0.2) is 12.6 Å². The van der Waals surface area contributed by atoms with Gasteiger partial charge in [-0.25, -0.2) is 0 Å². The van der Waals surface area contributed by atoms with Crippen LogP contribution in [-0.2, 0) is 0 Å². The smallest absolute Gasteiger partial charge is 0.0639 e. The number of benzene rings is 1. The molecule has 1 saturated carbocycles. The van der Waals surface area contributed by atoms with Gasteiger partial charge in [-0.15, -0.1) is 0 Å². The topological polar surface area (TPSA) is 3.24 Å². The van der Waals surface area contributed by atoms with E-state index in [0.29, 0.717) is 0 Å². The van der Waals surface area contributed by atoms with Gasteiger partial charge in [-0.3, -0.25) is 0 Å².